The maximum absolute atomic E-state index is 13.9. The van der Waals surface area contributed by atoms with Crippen LogP contribution in [0.5, 0.6) is 17.2 Å². The maximum Gasteiger partial charge on any atom is 0.246 e. The molecule has 0 saturated carbocycles. The van der Waals surface area contributed by atoms with E-state index in [1.807, 2.05) is 48.5 Å². The summed E-state index contributed by atoms with van der Waals surface area (Å²) in [6.45, 7) is 0.455. The van der Waals surface area contributed by atoms with Crippen molar-refractivity contribution in [3.05, 3.63) is 82.4 Å². The van der Waals surface area contributed by atoms with Crippen molar-refractivity contribution in [3.63, 3.8) is 0 Å². The lowest BCUT2D eigenvalue weighted by molar-refractivity contribution is -0.125. The van der Waals surface area contributed by atoms with Gasteiger partial charge in [-0.2, -0.15) is 0 Å². The van der Waals surface area contributed by atoms with Crippen LogP contribution in [0.1, 0.15) is 16.7 Å². The van der Waals surface area contributed by atoms with Gasteiger partial charge in [0.05, 0.1) is 0 Å². The number of halogens is 1. The first-order valence-electron chi connectivity index (χ1n) is 10.6. The fourth-order valence-corrected chi connectivity index (χ4v) is 4.96. The summed E-state index contributed by atoms with van der Waals surface area (Å²) >= 11 is 6.19. The van der Waals surface area contributed by atoms with E-state index in [1.165, 1.54) is 4.90 Å². The average Bonchev–Trinajstić information content (AvgIpc) is 3.50. The van der Waals surface area contributed by atoms with Crippen LogP contribution < -0.4 is 24.4 Å². The number of carbonyl (C=O) groups excluding carboxylic acids is 2. The van der Waals surface area contributed by atoms with Gasteiger partial charge in [0.25, 0.3) is 0 Å². The van der Waals surface area contributed by atoms with Crippen LogP contribution in [0.2, 0.25) is 5.02 Å². The summed E-state index contributed by atoms with van der Waals surface area (Å²) in [7, 11) is 0. The number of nitrogens with zero attached hydrogens (tertiary/aromatic N) is 1. The molecule has 3 aromatic rings. The number of carbonyl (C=O) groups is 2. The Kier molecular flexibility index (Phi) is 4.48. The molecular formula is C25H19ClN2O5. The molecule has 1 unspecified atom stereocenters. The van der Waals surface area contributed by atoms with Gasteiger partial charge in [-0.3, -0.25) is 9.59 Å². The fraction of sp³-hybridized carbons (Fsp3) is 0.200. The van der Waals surface area contributed by atoms with Gasteiger partial charge in [-0.1, -0.05) is 48.0 Å². The van der Waals surface area contributed by atoms with Crippen molar-refractivity contribution in [2.24, 2.45) is 0 Å². The van der Waals surface area contributed by atoms with Crippen LogP contribution >= 0.6 is 11.6 Å². The molecule has 2 amide bonds. The average molecular weight is 463 g/mol. The van der Waals surface area contributed by atoms with Gasteiger partial charge in [0, 0.05) is 28.9 Å². The highest BCUT2D eigenvalue weighted by molar-refractivity contribution is 6.31. The molecule has 1 atom stereocenters. The third kappa shape index (κ3) is 2.96. The van der Waals surface area contributed by atoms with E-state index in [9.17, 15) is 9.59 Å². The molecular weight excluding hydrogens is 444 g/mol. The molecule has 0 bridgehead atoms. The van der Waals surface area contributed by atoms with Gasteiger partial charge in [0.15, 0.2) is 11.5 Å². The Morgan fingerprint density at radius 3 is 2.58 bits per heavy atom. The molecule has 33 heavy (non-hydrogen) atoms. The molecule has 1 spiro atoms. The largest absolute Gasteiger partial charge is 0.491 e. The summed E-state index contributed by atoms with van der Waals surface area (Å²) in [4.78, 5) is 28.2. The van der Waals surface area contributed by atoms with Crippen molar-refractivity contribution in [1.29, 1.82) is 0 Å². The van der Waals surface area contributed by atoms with E-state index in [4.69, 9.17) is 25.8 Å². The number of anilines is 1. The quantitative estimate of drug-likeness (QED) is 0.643. The first-order valence-corrected chi connectivity index (χ1v) is 10.9. The molecule has 0 aliphatic carbocycles. The number of para-hydroxylation sites is 1. The molecule has 0 fully saturated rings. The van der Waals surface area contributed by atoms with Gasteiger partial charge in [0.2, 0.25) is 18.6 Å². The molecule has 6 rings (SSSR count). The maximum atomic E-state index is 13.9. The summed E-state index contributed by atoms with van der Waals surface area (Å²) in [6.07, 6.45) is 0. The molecule has 3 aliphatic rings. The zero-order chi connectivity index (χ0) is 22.6. The van der Waals surface area contributed by atoms with E-state index >= 15 is 0 Å². The molecule has 3 aromatic carbocycles. The van der Waals surface area contributed by atoms with Gasteiger partial charge >= 0.3 is 0 Å². The van der Waals surface area contributed by atoms with Crippen molar-refractivity contribution in [2.75, 3.05) is 24.8 Å². The molecule has 1 N–H and O–H groups in total. The number of ether oxygens (including phenoxy) is 3. The third-order valence-corrected chi connectivity index (χ3v) is 6.75. The van der Waals surface area contributed by atoms with E-state index in [-0.39, 0.29) is 38.3 Å². The van der Waals surface area contributed by atoms with Crippen LogP contribution in [0, 0.1) is 0 Å². The zero-order valence-corrected chi connectivity index (χ0v) is 18.2. The summed E-state index contributed by atoms with van der Waals surface area (Å²) in [5.41, 5.74) is 2.01. The van der Waals surface area contributed by atoms with E-state index in [2.05, 4.69) is 5.32 Å². The minimum Gasteiger partial charge on any atom is -0.491 e. The smallest absolute Gasteiger partial charge is 0.246 e. The van der Waals surface area contributed by atoms with Crippen molar-refractivity contribution in [2.45, 2.75) is 12.0 Å². The lowest BCUT2D eigenvalue weighted by Gasteiger charge is -2.23. The number of hydrogen-bond donors (Lipinski definition) is 1. The third-order valence-electron chi connectivity index (χ3n) is 6.38. The highest BCUT2D eigenvalue weighted by atomic mass is 35.5. The van der Waals surface area contributed by atoms with Crippen LogP contribution in [-0.4, -0.2) is 31.8 Å². The molecule has 3 aliphatic heterocycles. The molecule has 0 radical (unpaired) electrons. The van der Waals surface area contributed by atoms with Gasteiger partial charge in [0.1, 0.15) is 24.3 Å². The van der Waals surface area contributed by atoms with Gasteiger partial charge < -0.3 is 24.4 Å². The molecule has 7 nitrogen and oxygen atoms in total. The normalized spacial score (nSPS) is 19.4. The van der Waals surface area contributed by atoms with Crippen molar-refractivity contribution < 1.29 is 23.8 Å². The number of amides is 2. The second kappa shape index (κ2) is 7.42. The first-order chi connectivity index (χ1) is 16.1. The van der Waals surface area contributed by atoms with Crippen LogP contribution in [0.3, 0.4) is 0 Å². The van der Waals surface area contributed by atoms with Crippen molar-refractivity contribution in [1.82, 2.24) is 5.32 Å². The Balaban J connectivity index is 1.31. The highest BCUT2D eigenvalue weighted by Crippen LogP contribution is 2.54. The standard InChI is InChI=1S/C25H19ClN2O5/c26-18-7-3-1-5-15(18)11-27-23(29)12-28-19-8-4-2-6-16(19)25(24(28)30)13-31-20-10-22-21(9-17(20)25)32-14-33-22/h1-10H,11-14H2,(H,27,29). The SMILES string of the molecule is O=C(CN1C(=O)C2(COc3cc4c(cc32)OCO4)c2ccccc21)NCc1ccccc1Cl. The molecule has 166 valence electrons. The van der Waals surface area contributed by atoms with E-state index in [0.29, 0.717) is 28.0 Å². The van der Waals surface area contributed by atoms with E-state index in [1.54, 1.807) is 12.1 Å². The number of fused-ring (bicyclic) bond motifs is 5. The topological polar surface area (TPSA) is 77.1 Å². The number of nitrogens with one attached hydrogen (secondary N) is 1. The molecule has 3 heterocycles. The Hall–Kier alpha value is -3.71. The van der Waals surface area contributed by atoms with Crippen LogP contribution in [-0.2, 0) is 21.5 Å². The lowest BCUT2D eigenvalue weighted by Crippen LogP contribution is -2.46. The van der Waals surface area contributed by atoms with Crippen LogP contribution in [0.25, 0.3) is 0 Å². The summed E-state index contributed by atoms with van der Waals surface area (Å²) < 4.78 is 17.0. The summed E-state index contributed by atoms with van der Waals surface area (Å²) in [5.74, 6) is 1.29. The minimum absolute atomic E-state index is 0.109. The molecule has 0 saturated heterocycles. The van der Waals surface area contributed by atoms with Crippen LogP contribution in [0.4, 0.5) is 5.69 Å². The monoisotopic (exact) mass is 462 g/mol. The second-order valence-corrected chi connectivity index (χ2v) is 8.58. The Labute approximate surface area is 194 Å². The predicted octanol–water partition coefficient (Wildman–Crippen LogP) is 3.41. The fourth-order valence-electron chi connectivity index (χ4n) is 4.76. The van der Waals surface area contributed by atoms with Crippen molar-refractivity contribution >= 4 is 29.1 Å². The number of rotatable bonds is 4. The van der Waals surface area contributed by atoms with Gasteiger partial charge in [-0.25, -0.2) is 0 Å². The zero-order valence-electron chi connectivity index (χ0n) is 17.5. The molecule has 0 aromatic heterocycles. The summed E-state index contributed by atoms with van der Waals surface area (Å²) in [5, 5.41) is 3.45. The second-order valence-electron chi connectivity index (χ2n) is 8.17. The lowest BCUT2D eigenvalue weighted by atomic mass is 9.77. The Bertz CT molecular complexity index is 1310. The van der Waals surface area contributed by atoms with Gasteiger partial charge in [-0.15, -0.1) is 0 Å². The Morgan fingerprint density at radius 1 is 0.970 bits per heavy atom. The summed E-state index contributed by atoms with van der Waals surface area (Å²) in [6, 6.07) is 18.4. The van der Waals surface area contributed by atoms with E-state index < -0.39 is 5.41 Å². The first kappa shape index (κ1) is 19.9. The van der Waals surface area contributed by atoms with Gasteiger partial charge in [-0.05, 0) is 29.3 Å². The number of benzene rings is 3. The van der Waals surface area contributed by atoms with Crippen molar-refractivity contribution in [3.8, 4) is 17.2 Å². The number of hydrogen-bond acceptors (Lipinski definition) is 5. The predicted molar refractivity (Wildman–Crippen MR) is 121 cm³/mol. The molecule has 8 heteroatoms. The Morgan fingerprint density at radius 2 is 1.73 bits per heavy atom. The highest BCUT2D eigenvalue weighted by Gasteiger charge is 2.57. The minimum atomic E-state index is -1.03. The van der Waals surface area contributed by atoms with Crippen LogP contribution in [0.15, 0.2) is 60.7 Å². The van der Waals surface area contributed by atoms with E-state index in [0.717, 1.165) is 16.7 Å².